The molecule has 1 aliphatic heterocycles. The second kappa shape index (κ2) is 4.77. The van der Waals surface area contributed by atoms with Crippen molar-refractivity contribution in [1.29, 1.82) is 0 Å². The van der Waals surface area contributed by atoms with Crippen LogP contribution in [0.15, 0.2) is 0 Å². The first-order valence-corrected chi connectivity index (χ1v) is 4.49. The van der Waals surface area contributed by atoms with Crippen LogP contribution in [0.3, 0.4) is 0 Å². The Bertz CT molecular complexity index is 136. The van der Waals surface area contributed by atoms with E-state index in [4.69, 9.17) is 0 Å². The molecule has 0 bridgehead atoms. The Morgan fingerprint density at radius 1 is 1.42 bits per heavy atom. The fraction of sp³-hybridized carbons (Fsp3) is 0.800. The van der Waals surface area contributed by atoms with Gasteiger partial charge in [0.2, 0.25) is 0 Å². The summed E-state index contributed by atoms with van der Waals surface area (Å²) < 4.78 is 0. The molecular formula is C10H19NW. The van der Waals surface area contributed by atoms with E-state index in [0.717, 1.165) is 11.3 Å². The van der Waals surface area contributed by atoms with Crippen molar-refractivity contribution in [3.8, 4) is 0 Å². The molecule has 70 valence electrons. The Morgan fingerprint density at radius 3 is 2.08 bits per heavy atom. The van der Waals surface area contributed by atoms with Gasteiger partial charge in [-0.2, -0.15) is 6.92 Å². The van der Waals surface area contributed by atoms with E-state index in [9.17, 15) is 0 Å². The molecule has 0 unspecified atom stereocenters. The van der Waals surface area contributed by atoms with E-state index in [-0.39, 0.29) is 21.1 Å². The fourth-order valence-corrected chi connectivity index (χ4v) is 2.10. The molecule has 1 nitrogen and oxygen atoms in total. The Balaban J connectivity index is 0.000000378. The molecule has 2 fully saturated rings. The van der Waals surface area contributed by atoms with Gasteiger partial charge in [-0.25, -0.2) is 0 Å². The van der Waals surface area contributed by atoms with E-state index >= 15 is 0 Å². The topological polar surface area (TPSA) is 3.24 Å². The Morgan fingerprint density at radius 2 is 1.92 bits per heavy atom. The van der Waals surface area contributed by atoms with Crippen LogP contribution >= 0.6 is 0 Å². The molecule has 2 heteroatoms. The molecule has 12 heavy (non-hydrogen) atoms. The zero-order valence-electron chi connectivity index (χ0n) is 8.18. The van der Waals surface area contributed by atoms with Gasteiger partial charge in [0.15, 0.2) is 0 Å². The smallest absolute Gasteiger partial charge is 0.459 e. The molecule has 0 aromatic carbocycles. The molecule has 1 saturated heterocycles. The number of nitrogens with zero attached hydrogens (tertiary/aromatic N) is 1. The average molecular weight is 337 g/mol. The molecule has 0 aromatic heterocycles. The first-order valence-electron chi connectivity index (χ1n) is 4.49. The normalized spacial score (nSPS) is 38.5. The first kappa shape index (κ1) is 12.6. The van der Waals surface area contributed by atoms with Crippen LogP contribution in [0, 0.1) is 25.3 Å². The molecule has 1 saturated carbocycles. The molecule has 0 N–H and O–H groups in total. The van der Waals surface area contributed by atoms with Crippen molar-refractivity contribution in [3.63, 3.8) is 0 Å². The summed E-state index contributed by atoms with van der Waals surface area (Å²) >= 11 is 0. The third-order valence-corrected chi connectivity index (χ3v) is 3.06. The van der Waals surface area contributed by atoms with Crippen LogP contribution in [-0.2, 0) is 21.1 Å². The second-order valence-corrected chi connectivity index (χ2v) is 3.77. The molecule has 2 rings (SSSR count). The molecule has 0 radical (unpaired) electrons. The van der Waals surface area contributed by atoms with Gasteiger partial charge < -0.3 is 11.8 Å². The van der Waals surface area contributed by atoms with Crippen LogP contribution in [0.1, 0.15) is 26.7 Å². The first-order chi connectivity index (χ1) is 5.23. The molecule has 0 aromatic rings. The Labute approximate surface area is 91.2 Å². The zero-order chi connectivity index (χ0) is 8.48. The van der Waals surface area contributed by atoms with Gasteiger partial charge in [-0.15, -0.1) is 0 Å². The van der Waals surface area contributed by atoms with Gasteiger partial charge in [0, 0.05) is 0 Å². The Kier molecular flexibility index (Phi) is 5.02. The van der Waals surface area contributed by atoms with Crippen molar-refractivity contribution in [2.24, 2.45) is 11.3 Å². The van der Waals surface area contributed by atoms with E-state index in [1.807, 2.05) is 0 Å². The van der Waals surface area contributed by atoms with Gasteiger partial charge in [0.25, 0.3) is 0 Å². The van der Waals surface area contributed by atoms with Crippen molar-refractivity contribution < 1.29 is 21.1 Å². The van der Waals surface area contributed by atoms with Crippen LogP contribution in [-0.4, -0.2) is 18.0 Å². The molecular weight excluding hydrogens is 318 g/mol. The quantitative estimate of drug-likeness (QED) is 0.614. The maximum absolute atomic E-state index is 3.94. The van der Waals surface area contributed by atoms with Crippen molar-refractivity contribution in [3.05, 3.63) is 14.0 Å². The van der Waals surface area contributed by atoms with Gasteiger partial charge in [0.05, 0.1) is 0 Å². The number of likely N-dealkylation sites (tertiary alicyclic amines) is 1. The third-order valence-electron chi connectivity index (χ3n) is 3.06. The third kappa shape index (κ3) is 2.32. The van der Waals surface area contributed by atoms with Crippen molar-refractivity contribution in [1.82, 2.24) is 4.90 Å². The predicted octanol–water partition coefficient (Wildman–Crippen LogP) is 2.35. The molecule has 2 aliphatic rings. The Hall–Kier alpha value is 0.648. The molecule has 1 heterocycles. The number of rotatable bonds is 0. The molecule has 1 aliphatic carbocycles. The summed E-state index contributed by atoms with van der Waals surface area (Å²) in [4.78, 5) is 2.21. The van der Waals surface area contributed by atoms with Crippen LogP contribution in [0.25, 0.3) is 0 Å². The minimum absolute atomic E-state index is 0. The van der Waals surface area contributed by atoms with Crippen LogP contribution in [0.2, 0.25) is 0 Å². The minimum Gasteiger partial charge on any atom is -0.459 e. The molecule has 1 spiro atoms. The van der Waals surface area contributed by atoms with Crippen molar-refractivity contribution >= 4 is 0 Å². The van der Waals surface area contributed by atoms with Crippen molar-refractivity contribution in [2.75, 3.05) is 13.1 Å². The van der Waals surface area contributed by atoms with Gasteiger partial charge in [-0.1, -0.05) is 6.92 Å². The summed E-state index contributed by atoms with van der Waals surface area (Å²) in [5, 5.41) is 0. The van der Waals surface area contributed by atoms with E-state index in [1.54, 1.807) is 6.92 Å². The van der Waals surface area contributed by atoms with Crippen LogP contribution in [0.5, 0.6) is 0 Å². The summed E-state index contributed by atoms with van der Waals surface area (Å²) in [5.74, 6) is 0.990. The second-order valence-electron chi connectivity index (χ2n) is 3.77. The van der Waals surface area contributed by atoms with E-state index < -0.39 is 0 Å². The molecule has 2 atom stereocenters. The summed E-state index contributed by atoms with van der Waals surface area (Å²) in [6, 6.07) is 0. The summed E-state index contributed by atoms with van der Waals surface area (Å²) in [5.41, 5.74) is 0.738. The monoisotopic (exact) mass is 337 g/mol. The summed E-state index contributed by atoms with van der Waals surface area (Å²) in [6.07, 6.45) is 2.86. The van der Waals surface area contributed by atoms with Gasteiger partial charge in [-0.05, 0) is 37.3 Å². The van der Waals surface area contributed by atoms with E-state index in [0.29, 0.717) is 0 Å². The largest absolute Gasteiger partial charge is 2.00 e. The SMILES string of the molecule is [CH2-]C.[CH2-]N1CC[C@]2(C[C@@H]2C)C1.[W+2]. The van der Waals surface area contributed by atoms with Gasteiger partial charge in [-0.3, -0.25) is 7.05 Å². The maximum atomic E-state index is 3.94. The fourth-order valence-electron chi connectivity index (χ4n) is 2.10. The zero-order valence-corrected chi connectivity index (χ0v) is 11.1. The number of hydrogen-bond acceptors (Lipinski definition) is 1. The van der Waals surface area contributed by atoms with E-state index in [1.165, 1.54) is 25.9 Å². The average Bonchev–Trinajstić information content (AvgIpc) is 2.43. The number of hydrogen-bond donors (Lipinski definition) is 0. The van der Waals surface area contributed by atoms with Crippen molar-refractivity contribution in [2.45, 2.75) is 26.7 Å². The minimum atomic E-state index is 0. The predicted molar refractivity (Wildman–Crippen MR) is 48.8 cm³/mol. The van der Waals surface area contributed by atoms with E-state index in [2.05, 4.69) is 25.8 Å². The van der Waals surface area contributed by atoms with Crippen LogP contribution < -0.4 is 0 Å². The summed E-state index contributed by atoms with van der Waals surface area (Å²) in [7, 11) is 3.94. The maximum Gasteiger partial charge on any atom is 2.00 e. The summed E-state index contributed by atoms with van der Waals surface area (Å²) in [6.45, 7) is 9.84. The van der Waals surface area contributed by atoms with Gasteiger partial charge >= 0.3 is 21.1 Å². The standard InChI is InChI=1S/C8H14N.C2H5.W/c1-7-5-8(7)3-4-9(2)6-8;1-2;/h7H,2-6H2,1H3;1H2,2H3;/q2*-1;+2/t7-,8-;;/m0../s1. The molecule has 0 amide bonds. The van der Waals surface area contributed by atoms with Gasteiger partial charge in [0.1, 0.15) is 0 Å². The van der Waals surface area contributed by atoms with Crippen LogP contribution in [0.4, 0.5) is 0 Å².